The largest absolute Gasteiger partial charge is 0.493 e. The molecule has 0 aliphatic heterocycles. The molecule has 1 amide bonds. The van der Waals surface area contributed by atoms with Crippen LogP contribution < -0.4 is 14.8 Å². The quantitative estimate of drug-likeness (QED) is 0.605. The van der Waals surface area contributed by atoms with Crippen molar-refractivity contribution >= 4 is 33.4 Å². The van der Waals surface area contributed by atoms with E-state index < -0.39 is 0 Å². The number of benzene rings is 2. The van der Waals surface area contributed by atoms with Gasteiger partial charge in [-0.3, -0.25) is 4.79 Å². The van der Waals surface area contributed by atoms with Crippen molar-refractivity contribution in [2.45, 2.75) is 19.4 Å². The predicted octanol–water partition coefficient (Wildman–Crippen LogP) is 4.68. The van der Waals surface area contributed by atoms with Crippen LogP contribution in [0.2, 0.25) is 0 Å². The number of amides is 1. The monoisotopic (exact) mass is 381 g/mol. The van der Waals surface area contributed by atoms with Crippen molar-refractivity contribution in [3.8, 4) is 11.5 Å². The molecule has 4 nitrogen and oxygen atoms in total. The third-order valence-corrected chi connectivity index (χ3v) is 5.32. The van der Waals surface area contributed by atoms with E-state index in [4.69, 9.17) is 9.47 Å². The van der Waals surface area contributed by atoms with Gasteiger partial charge in [0.1, 0.15) is 0 Å². The van der Waals surface area contributed by atoms with Crippen LogP contribution in [0.15, 0.2) is 53.9 Å². The van der Waals surface area contributed by atoms with Gasteiger partial charge in [0.2, 0.25) is 5.91 Å². The number of carbonyl (C=O) groups excluding carboxylic acids is 1. The van der Waals surface area contributed by atoms with Gasteiger partial charge < -0.3 is 14.8 Å². The van der Waals surface area contributed by atoms with E-state index in [0.29, 0.717) is 11.5 Å². The average molecular weight is 381 g/mol. The predicted molar refractivity (Wildman–Crippen MR) is 112 cm³/mol. The summed E-state index contributed by atoms with van der Waals surface area (Å²) >= 11 is 1.74. The maximum atomic E-state index is 12.2. The Balaban J connectivity index is 1.60. The van der Waals surface area contributed by atoms with E-state index in [9.17, 15) is 4.79 Å². The first kappa shape index (κ1) is 19.0. The van der Waals surface area contributed by atoms with Gasteiger partial charge in [-0.15, -0.1) is 11.3 Å². The van der Waals surface area contributed by atoms with Gasteiger partial charge in [0.15, 0.2) is 11.5 Å². The van der Waals surface area contributed by atoms with Gasteiger partial charge in [-0.1, -0.05) is 24.3 Å². The lowest BCUT2D eigenvalue weighted by Crippen LogP contribution is -2.32. The number of thiophene rings is 1. The summed E-state index contributed by atoms with van der Waals surface area (Å²) in [4.78, 5) is 12.2. The highest BCUT2D eigenvalue weighted by atomic mass is 32.1. The molecule has 1 aromatic heterocycles. The third-order valence-electron chi connectivity index (χ3n) is 4.31. The number of rotatable bonds is 7. The summed E-state index contributed by atoms with van der Waals surface area (Å²) in [5, 5.41) is 6.47. The fraction of sp³-hybridized carbons (Fsp3) is 0.227. The Morgan fingerprint density at radius 2 is 1.93 bits per heavy atom. The van der Waals surface area contributed by atoms with Gasteiger partial charge >= 0.3 is 0 Å². The SMILES string of the molecule is COc1ccc(/C=C/C(=O)N[C@@H](C)Cc2csc3ccccc23)cc1OC. The number of hydrogen-bond donors (Lipinski definition) is 1. The molecule has 0 radical (unpaired) electrons. The molecule has 2 aromatic carbocycles. The van der Waals surface area contributed by atoms with Crippen molar-refractivity contribution in [3.63, 3.8) is 0 Å². The van der Waals surface area contributed by atoms with Gasteiger partial charge in [0.05, 0.1) is 14.2 Å². The zero-order valence-electron chi connectivity index (χ0n) is 15.7. The van der Waals surface area contributed by atoms with E-state index in [1.807, 2.05) is 37.3 Å². The Morgan fingerprint density at radius 3 is 2.70 bits per heavy atom. The Kier molecular flexibility index (Phi) is 6.14. The van der Waals surface area contributed by atoms with Gasteiger partial charge in [-0.05, 0) is 59.5 Å². The van der Waals surface area contributed by atoms with Gasteiger partial charge in [-0.2, -0.15) is 0 Å². The van der Waals surface area contributed by atoms with E-state index in [1.54, 1.807) is 37.7 Å². The van der Waals surface area contributed by atoms with Crippen molar-refractivity contribution in [1.82, 2.24) is 5.32 Å². The Bertz CT molecular complexity index is 961. The van der Waals surface area contributed by atoms with Crippen LogP contribution in [0.25, 0.3) is 16.2 Å². The molecule has 0 saturated carbocycles. The van der Waals surface area contributed by atoms with E-state index in [0.717, 1.165) is 12.0 Å². The van der Waals surface area contributed by atoms with Gasteiger partial charge in [0, 0.05) is 16.8 Å². The molecule has 0 unspecified atom stereocenters. The Labute approximate surface area is 163 Å². The van der Waals surface area contributed by atoms with Crippen LogP contribution in [0.1, 0.15) is 18.1 Å². The highest BCUT2D eigenvalue weighted by molar-refractivity contribution is 7.17. The number of methoxy groups -OCH3 is 2. The molecule has 3 aromatic rings. The van der Waals surface area contributed by atoms with E-state index in [2.05, 4.69) is 22.8 Å². The molecule has 1 N–H and O–H groups in total. The molecule has 140 valence electrons. The summed E-state index contributed by atoms with van der Waals surface area (Å²) < 4.78 is 11.8. The smallest absolute Gasteiger partial charge is 0.244 e. The number of hydrogen-bond acceptors (Lipinski definition) is 4. The maximum absolute atomic E-state index is 12.2. The summed E-state index contributed by atoms with van der Waals surface area (Å²) in [6.45, 7) is 2.02. The number of ether oxygens (including phenoxy) is 2. The molecular weight excluding hydrogens is 358 g/mol. The highest BCUT2D eigenvalue weighted by Crippen LogP contribution is 2.28. The van der Waals surface area contributed by atoms with Crippen LogP contribution in [0.3, 0.4) is 0 Å². The fourth-order valence-corrected chi connectivity index (χ4v) is 3.97. The Hall–Kier alpha value is -2.79. The number of carbonyl (C=O) groups is 1. The molecule has 1 heterocycles. The van der Waals surface area contributed by atoms with E-state index in [-0.39, 0.29) is 11.9 Å². The first-order valence-corrected chi connectivity index (χ1v) is 9.64. The minimum Gasteiger partial charge on any atom is -0.493 e. The minimum absolute atomic E-state index is 0.0468. The molecule has 1 atom stereocenters. The molecule has 3 rings (SSSR count). The Morgan fingerprint density at radius 1 is 1.15 bits per heavy atom. The second-order valence-electron chi connectivity index (χ2n) is 6.32. The van der Waals surface area contributed by atoms with Crippen LogP contribution in [0.5, 0.6) is 11.5 Å². The van der Waals surface area contributed by atoms with Crippen molar-refractivity contribution in [2.24, 2.45) is 0 Å². The molecule has 5 heteroatoms. The lowest BCUT2D eigenvalue weighted by Gasteiger charge is -2.12. The third kappa shape index (κ3) is 4.68. The summed E-state index contributed by atoms with van der Waals surface area (Å²) in [6.07, 6.45) is 4.12. The average Bonchev–Trinajstić information content (AvgIpc) is 3.09. The van der Waals surface area contributed by atoms with Crippen LogP contribution in [0, 0.1) is 0 Å². The zero-order chi connectivity index (χ0) is 19.2. The molecule has 0 aliphatic carbocycles. The summed E-state index contributed by atoms with van der Waals surface area (Å²) in [6, 6.07) is 13.9. The van der Waals surface area contributed by atoms with E-state index in [1.165, 1.54) is 15.6 Å². The second kappa shape index (κ2) is 8.73. The highest BCUT2D eigenvalue weighted by Gasteiger charge is 2.10. The van der Waals surface area contributed by atoms with Crippen molar-refractivity contribution in [3.05, 3.63) is 65.0 Å². The summed E-state index contributed by atoms with van der Waals surface area (Å²) in [7, 11) is 3.19. The molecule has 27 heavy (non-hydrogen) atoms. The van der Waals surface area contributed by atoms with Crippen molar-refractivity contribution in [2.75, 3.05) is 14.2 Å². The summed E-state index contributed by atoms with van der Waals surface area (Å²) in [5.41, 5.74) is 2.14. The molecule has 0 fully saturated rings. The van der Waals surface area contributed by atoms with Crippen molar-refractivity contribution < 1.29 is 14.3 Å². The minimum atomic E-state index is -0.114. The van der Waals surface area contributed by atoms with Crippen molar-refractivity contribution in [1.29, 1.82) is 0 Å². The molecular formula is C22H23NO3S. The molecule has 0 bridgehead atoms. The fourth-order valence-electron chi connectivity index (χ4n) is 2.99. The van der Waals surface area contributed by atoms with Crippen LogP contribution in [-0.2, 0) is 11.2 Å². The van der Waals surface area contributed by atoms with Crippen LogP contribution in [-0.4, -0.2) is 26.2 Å². The first-order valence-electron chi connectivity index (χ1n) is 8.76. The van der Waals surface area contributed by atoms with Gasteiger partial charge in [-0.25, -0.2) is 0 Å². The first-order chi connectivity index (χ1) is 13.1. The normalized spacial score (nSPS) is 12.3. The standard InChI is InChI=1S/C22H23NO3S/c1-15(12-17-14-27-21-7-5-4-6-18(17)21)23-22(24)11-9-16-8-10-19(25-2)20(13-16)26-3/h4-11,13-15H,12H2,1-3H3,(H,23,24)/b11-9+/t15-/m0/s1. The number of fused-ring (bicyclic) bond motifs is 1. The molecule has 0 aliphatic rings. The van der Waals surface area contributed by atoms with Gasteiger partial charge in [0.25, 0.3) is 0 Å². The lowest BCUT2D eigenvalue weighted by atomic mass is 10.1. The zero-order valence-corrected chi connectivity index (χ0v) is 16.5. The summed E-state index contributed by atoms with van der Waals surface area (Å²) in [5.74, 6) is 1.19. The lowest BCUT2D eigenvalue weighted by molar-refractivity contribution is -0.117. The maximum Gasteiger partial charge on any atom is 0.244 e. The van der Waals surface area contributed by atoms with E-state index >= 15 is 0 Å². The van der Waals surface area contributed by atoms with Crippen LogP contribution in [0.4, 0.5) is 0 Å². The topological polar surface area (TPSA) is 47.6 Å². The van der Waals surface area contributed by atoms with Crippen LogP contribution >= 0.6 is 11.3 Å². The second-order valence-corrected chi connectivity index (χ2v) is 7.23. The molecule has 0 spiro atoms. The molecule has 0 saturated heterocycles. The number of nitrogens with one attached hydrogen (secondary N) is 1.